The largest absolute Gasteiger partial charge is 0.330 e. The molecule has 2 aromatic heterocycles. The predicted molar refractivity (Wildman–Crippen MR) is 104 cm³/mol. The van der Waals surface area contributed by atoms with E-state index in [0.717, 1.165) is 50.0 Å². The van der Waals surface area contributed by atoms with Crippen LogP contribution in [0.25, 0.3) is 11.3 Å². The normalized spacial score (nSPS) is 26.3. The first-order valence-electron chi connectivity index (χ1n) is 9.84. The molecule has 2 aliphatic rings. The number of carbonyl (C=O) groups excluding carboxylic acids is 1. The van der Waals surface area contributed by atoms with E-state index in [1.165, 1.54) is 12.7 Å². The van der Waals surface area contributed by atoms with Crippen molar-refractivity contribution in [2.75, 3.05) is 20.1 Å². The lowest BCUT2D eigenvalue weighted by atomic mass is 9.80. The van der Waals surface area contributed by atoms with Crippen LogP contribution in [0, 0.1) is 0 Å². The predicted octanol–water partition coefficient (Wildman–Crippen LogP) is 3.02. The first kappa shape index (κ1) is 18.0. The summed E-state index contributed by atoms with van der Waals surface area (Å²) in [6.45, 7) is 4.19. The Labute approximate surface area is 160 Å². The Morgan fingerprint density at radius 2 is 1.96 bits per heavy atom. The van der Waals surface area contributed by atoms with E-state index in [0.29, 0.717) is 11.7 Å². The number of nitrogens with zero attached hydrogens (tertiary/aromatic N) is 5. The van der Waals surface area contributed by atoms with Crippen molar-refractivity contribution in [3.8, 4) is 11.3 Å². The summed E-state index contributed by atoms with van der Waals surface area (Å²) in [6.07, 6.45) is 10.5. The van der Waals surface area contributed by atoms with Crippen LogP contribution in [0.1, 0.15) is 49.5 Å². The summed E-state index contributed by atoms with van der Waals surface area (Å²) < 4.78 is 0. The highest BCUT2D eigenvalue weighted by Crippen LogP contribution is 2.38. The molecule has 4 rings (SSSR count). The lowest BCUT2D eigenvalue weighted by Gasteiger charge is -2.51. The highest BCUT2D eigenvalue weighted by Gasteiger charge is 2.47. The number of amides is 1. The van der Waals surface area contributed by atoms with Crippen LogP contribution >= 0.6 is 0 Å². The lowest BCUT2D eigenvalue weighted by molar-refractivity contribution is -0.00414. The van der Waals surface area contributed by atoms with Gasteiger partial charge in [0.05, 0.1) is 11.2 Å². The Morgan fingerprint density at radius 3 is 2.78 bits per heavy atom. The number of hydrogen-bond donors (Lipinski definition) is 0. The molecule has 2 aromatic rings. The van der Waals surface area contributed by atoms with Gasteiger partial charge in [0.25, 0.3) is 5.91 Å². The second kappa shape index (κ2) is 7.35. The molecule has 0 N–H and O–H groups in total. The zero-order valence-corrected chi connectivity index (χ0v) is 16.1. The molecular formula is C21H27N5O. The van der Waals surface area contributed by atoms with Crippen molar-refractivity contribution >= 4 is 5.91 Å². The van der Waals surface area contributed by atoms with Crippen LogP contribution in [-0.4, -0.2) is 62.4 Å². The molecule has 2 aliphatic heterocycles. The van der Waals surface area contributed by atoms with Crippen molar-refractivity contribution < 1.29 is 4.79 Å². The fourth-order valence-electron chi connectivity index (χ4n) is 4.81. The average molecular weight is 365 g/mol. The van der Waals surface area contributed by atoms with E-state index in [1.807, 2.05) is 18.2 Å². The van der Waals surface area contributed by atoms with Crippen molar-refractivity contribution in [1.82, 2.24) is 24.8 Å². The Morgan fingerprint density at radius 1 is 1.15 bits per heavy atom. The summed E-state index contributed by atoms with van der Waals surface area (Å²) in [7, 11) is 2.20. The fraction of sp³-hybridized carbons (Fsp3) is 0.524. The van der Waals surface area contributed by atoms with Gasteiger partial charge in [0, 0.05) is 30.5 Å². The third-order valence-electron chi connectivity index (χ3n) is 6.24. The number of aromatic nitrogens is 3. The number of piperidine rings is 1. The Hall–Kier alpha value is -2.34. The zero-order chi connectivity index (χ0) is 18.9. The van der Waals surface area contributed by atoms with Gasteiger partial charge >= 0.3 is 0 Å². The number of hydrogen-bond acceptors (Lipinski definition) is 5. The standard InChI is InChI=1S/C21H27N5O/c1-21-10-6-11-25(2)19(21)9-3-4-12-26(21)20(27)18-8-5-7-17(24-18)16-13-22-15-23-14-16/h5,7-8,13-15,19H,3-4,6,9-12H2,1-2H3/t19-,21-/m0/s1. The van der Waals surface area contributed by atoms with Gasteiger partial charge in [0.1, 0.15) is 12.0 Å². The molecule has 27 heavy (non-hydrogen) atoms. The van der Waals surface area contributed by atoms with Crippen LogP contribution in [0.15, 0.2) is 36.9 Å². The quantitative estimate of drug-likeness (QED) is 0.819. The number of likely N-dealkylation sites (tertiary alicyclic amines) is 2. The molecule has 0 radical (unpaired) electrons. The number of pyridine rings is 1. The van der Waals surface area contributed by atoms with Crippen LogP contribution in [0.2, 0.25) is 0 Å². The fourth-order valence-corrected chi connectivity index (χ4v) is 4.81. The van der Waals surface area contributed by atoms with Gasteiger partial charge in [-0.15, -0.1) is 0 Å². The molecule has 2 saturated heterocycles. The summed E-state index contributed by atoms with van der Waals surface area (Å²) in [5, 5.41) is 0. The number of rotatable bonds is 2. The minimum absolute atomic E-state index is 0.0402. The van der Waals surface area contributed by atoms with Crippen LogP contribution in [0.5, 0.6) is 0 Å². The molecule has 0 aromatic carbocycles. The van der Waals surface area contributed by atoms with Crippen LogP contribution < -0.4 is 0 Å². The maximum absolute atomic E-state index is 13.5. The molecule has 6 nitrogen and oxygen atoms in total. The Balaban J connectivity index is 1.67. The van der Waals surface area contributed by atoms with E-state index in [-0.39, 0.29) is 11.4 Å². The maximum Gasteiger partial charge on any atom is 0.272 e. The molecule has 0 bridgehead atoms. The molecule has 2 atom stereocenters. The van der Waals surface area contributed by atoms with E-state index >= 15 is 0 Å². The van der Waals surface area contributed by atoms with Crippen LogP contribution in [0.3, 0.4) is 0 Å². The lowest BCUT2D eigenvalue weighted by Crippen LogP contribution is -2.63. The van der Waals surface area contributed by atoms with E-state index in [1.54, 1.807) is 12.4 Å². The van der Waals surface area contributed by atoms with Gasteiger partial charge in [-0.05, 0) is 58.3 Å². The number of likely N-dealkylation sites (N-methyl/N-ethyl adjacent to an activating group) is 1. The first-order chi connectivity index (χ1) is 13.1. The Kier molecular flexibility index (Phi) is 4.91. The third kappa shape index (κ3) is 3.34. The third-order valence-corrected chi connectivity index (χ3v) is 6.24. The molecule has 0 aliphatic carbocycles. The minimum Gasteiger partial charge on any atom is -0.330 e. The Bertz CT molecular complexity index is 811. The van der Waals surface area contributed by atoms with Crippen LogP contribution in [-0.2, 0) is 0 Å². The summed E-state index contributed by atoms with van der Waals surface area (Å²) in [4.78, 5) is 30.8. The van der Waals surface area contributed by atoms with E-state index in [9.17, 15) is 4.79 Å². The van der Waals surface area contributed by atoms with Gasteiger partial charge in [-0.25, -0.2) is 15.0 Å². The van der Waals surface area contributed by atoms with Crippen molar-refractivity contribution in [3.05, 3.63) is 42.6 Å². The van der Waals surface area contributed by atoms with Gasteiger partial charge < -0.3 is 9.80 Å². The van der Waals surface area contributed by atoms with Gasteiger partial charge in [-0.1, -0.05) is 12.5 Å². The topological polar surface area (TPSA) is 62.2 Å². The van der Waals surface area contributed by atoms with Gasteiger partial charge in [-0.3, -0.25) is 4.79 Å². The van der Waals surface area contributed by atoms with E-state index in [4.69, 9.17) is 0 Å². The van der Waals surface area contributed by atoms with Crippen molar-refractivity contribution in [2.45, 2.75) is 50.6 Å². The average Bonchev–Trinajstić information content (AvgIpc) is 2.88. The molecular weight excluding hydrogens is 338 g/mol. The molecule has 142 valence electrons. The highest BCUT2D eigenvalue weighted by atomic mass is 16.2. The van der Waals surface area contributed by atoms with Crippen LogP contribution in [0.4, 0.5) is 0 Å². The molecule has 0 unspecified atom stereocenters. The van der Waals surface area contributed by atoms with Gasteiger partial charge in [0.15, 0.2) is 0 Å². The monoisotopic (exact) mass is 365 g/mol. The maximum atomic E-state index is 13.5. The van der Waals surface area contributed by atoms with Crippen molar-refractivity contribution in [2.24, 2.45) is 0 Å². The van der Waals surface area contributed by atoms with E-state index < -0.39 is 0 Å². The smallest absolute Gasteiger partial charge is 0.272 e. The summed E-state index contributed by atoms with van der Waals surface area (Å²) in [5.41, 5.74) is 1.93. The molecule has 1 amide bonds. The zero-order valence-electron chi connectivity index (χ0n) is 16.1. The number of carbonyl (C=O) groups is 1. The molecule has 2 fully saturated rings. The number of fused-ring (bicyclic) bond motifs is 1. The highest BCUT2D eigenvalue weighted by molar-refractivity contribution is 5.93. The van der Waals surface area contributed by atoms with Crippen molar-refractivity contribution in [1.29, 1.82) is 0 Å². The van der Waals surface area contributed by atoms with Gasteiger partial charge in [0.2, 0.25) is 0 Å². The van der Waals surface area contributed by atoms with Crippen molar-refractivity contribution in [3.63, 3.8) is 0 Å². The molecule has 0 saturated carbocycles. The summed E-state index contributed by atoms with van der Waals surface area (Å²) in [5.74, 6) is 0.0402. The minimum atomic E-state index is -0.131. The molecule has 6 heteroatoms. The SMILES string of the molecule is CN1CCC[C@@]2(C)[C@@H]1CCCCN2C(=O)c1cccc(-c2cncnc2)n1. The van der Waals surface area contributed by atoms with E-state index in [2.05, 4.69) is 38.7 Å². The van der Waals surface area contributed by atoms with Gasteiger partial charge in [-0.2, -0.15) is 0 Å². The second-order valence-electron chi connectivity index (χ2n) is 7.94. The summed E-state index contributed by atoms with van der Waals surface area (Å²) >= 11 is 0. The summed E-state index contributed by atoms with van der Waals surface area (Å²) in [6, 6.07) is 6.04. The molecule has 0 spiro atoms. The second-order valence-corrected chi connectivity index (χ2v) is 7.94. The first-order valence-corrected chi connectivity index (χ1v) is 9.84. The molecule has 4 heterocycles.